The molecule has 0 aliphatic rings. The summed E-state index contributed by atoms with van der Waals surface area (Å²) in [6.45, 7) is 3.75. The molecule has 7 heteroatoms. The molecule has 0 spiro atoms. The molecule has 1 heterocycles. The van der Waals surface area contributed by atoms with Crippen LogP contribution in [0.3, 0.4) is 0 Å². The lowest BCUT2D eigenvalue weighted by Crippen LogP contribution is -2.36. The summed E-state index contributed by atoms with van der Waals surface area (Å²) >= 11 is 1.25. The molecule has 0 amide bonds. The molecule has 5 nitrogen and oxygen atoms in total. The van der Waals surface area contributed by atoms with E-state index in [4.69, 9.17) is 5.11 Å². The lowest BCUT2D eigenvalue weighted by atomic mass is 10.4. The molecule has 1 aromatic rings. The molecule has 1 N–H and O–H groups in total. The average molecular weight is 320 g/mol. The van der Waals surface area contributed by atoms with Crippen molar-refractivity contribution in [3.8, 4) is 0 Å². The zero-order chi connectivity index (χ0) is 15.2. The second-order valence-corrected chi connectivity index (χ2v) is 8.23. The highest BCUT2D eigenvalue weighted by Gasteiger charge is 2.25. The molecule has 0 aliphatic heterocycles. The standard InChI is InChI=1S/C13H24N2O3S2/c1-4-8-15(10-9-14(2)3)20(17,18)13-6-5-12(19-13)7-11-16/h5-6,16H,4,7-11H2,1-3H3. The molecule has 20 heavy (non-hydrogen) atoms. The van der Waals surface area contributed by atoms with E-state index in [9.17, 15) is 8.42 Å². The number of hydrogen-bond acceptors (Lipinski definition) is 5. The first-order chi connectivity index (χ1) is 9.41. The number of hydrogen-bond donors (Lipinski definition) is 1. The molecule has 116 valence electrons. The van der Waals surface area contributed by atoms with E-state index < -0.39 is 10.0 Å². The van der Waals surface area contributed by atoms with Gasteiger partial charge in [-0.05, 0) is 32.6 Å². The molecule has 0 fully saturated rings. The van der Waals surface area contributed by atoms with Crippen LogP contribution < -0.4 is 0 Å². The summed E-state index contributed by atoms with van der Waals surface area (Å²) < 4.78 is 27.1. The number of nitrogens with zero attached hydrogens (tertiary/aromatic N) is 2. The molecule has 0 unspecified atom stereocenters. The highest BCUT2D eigenvalue weighted by molar-refractivity contribution is 7.91. The van der Waals surface area contributed by atoms with Crippen LogP contribution in [0.1, 0.15) is 18.2 Å². The van der Waals surface area contributed by atoms with Gasteiger partial charge in [-0.1, -0.05) is 6.92 Å². The van der Waals surface area contributed by atoms with Crippen LogP contribution in [0.5, 0.6) is 0 Å². The van der Waals surface area contributed by atoms with Gasteiger partial charge in [-0.3, -0.25) is 0 Å². The molecule has 0 saturated heterocycles. The van der Waals surface area contributed by atoms with E-state index in [1.807, 2.05) is 25.9 Å². The Balaban J connectivity index is 2.90. The van der Waals surface area contributed by atoms with Crippen LogP contribution in [0.15, 0.2) is 16.3 Å². The van der Waals surface area contributed by atoms with E-state index in [1.165, 1.54) is 11.3 Å². The third kappa shape index (κ3) is 4.82. The van der Waals surface area contributed by atoms with E-state index in [0.717, 1.165) is 11.3 Å². The van der Waals surface area contributed by atoms with Crippen LogP contribution >= 0.6 is 11.3 Å². The van der Waals surface area contributed by atoms with Crippen LogP contribution in [0, 0.1) is 0 Å². The van der Waals surface area contributed by atoms with E-state index in [-0.39, 0.29) is 6.61 Å². The minimum atomic E-state index is -3.41. The van der Waals surface area contributed by atoms with Gasteiger partial charge in [0.1, 0.15) is 4.21 Å². The van der Waals surface area contributed by atoms with Gasteiger partial charge in [0.15, 0.2) is 0 Å². The van der Waals surface area contributed by atoms with Gasteiger partial charge in [0.05, 0.1) is 0 Å². The number of aliphatic hydroxyl groups is 1. The first-order valence-electron chi connectivity index (χ1n) is 6.76. The fourth-order valence-electron chi connectivity index (χ4n) is 1.78. The Morgan fingerprint density at radius 1 is 1.20 bits per heavy atom. The summed E-state index contributed by atoms with van der Waals surface area (Å²) in [6.07, 6.45) is 1.30. The van der Waals surface area contributed by atoms with Crippen LogP contribution in [-0.2, 0) is 16.4 Å². The maximum absolute atomic E-state index is 12.6. The van der Waals surface area contributed by atoms with Crippen LogP contribution in [-0.4, -0.2) is 63.1 Å². The van der Waals surface area contributed by atoms with Gasteiger partial charge in [-0.25, -0.2) is 8.42 Å². The molecule has 0 radical (unpaired) electrons. The molecular formula is C13H24N2O3S2. The largest absolute Gasteiger partial charge is 0.396 e. The Hall–Kier alpha value is -0.470. The van der Waals surface area contributed by atoms with Gasteiger partial charge >= 0.3 is 0 Å². The van der Waals surface area contributed by atoms with Crippen LogP contribution in [0.25, 0.3) is 0 Å². The smallest absolute Gasteiger partial charge is 0.252 e. The van der Waals surface area contributed by atoms with E-state index in [2.05, 4.69) is 0 Å². The first kappa shape index (κ1) is 17.6. The summed E-state index contributed by atoms with van der Waals surface area (Å²) in [7, 11) is 0.451. The fourth-order valence-corrected chi connectivity index (χ4v) is 4.80. The third-order valence-electron chi connectivity index (χ3n) is 2.86. The predicted molar refractivity (Wildman–Crippen MR) is 82.7 cm³/mol. The number of likely N-dealkylation sites (N-methyl/N-ethyl adjacent to an activating group) is 1. The summed E-state index contributed by atoms with van der Waals surface area (Å²) in [6, 6.07) is 3.42. The van der Waals surface area contributed by atoms with E-state index >= 15 is 0 Å². The topological polar surface area (TPSA) is 60.9 Å². The van der Waals surface area contributed by atoms with Gasteiger partial charge in [-0.2, -0.15) is 4.31 Å². The Morgan fingerprint density at radius 3 is 2.45 bits per heavy atom. The Labute approximate surface area is 125 Å². The van der Waals surface area contributed by atoms with E-state index in [1.54, 1.807) is 16.4 Å². The SMILES string of the molecule is CCCN(CCN(C)C)S(=O)(=O)c1ccc(CCO)s1. The van der Waals surface area contributed by atoms with Gasteiger partial charge in [-0.15, -0.1) is 11.3 Å². The molecule has 0 bridgehead atoms. The minimum absolute atomic E-state index is 0.0410. The second kappa shape index (κ2) is 8.09. The van der Waals surface area contributed by atoms with Gasteiger partial charge in [0.2, 0.25) is 0 Å². The van der Waals surface area contributed by atoms with Crippen molar-refractivity contribution in [2.75, 3.05) is 40.3 Å². The number of thiophene rings is 1. The number of sulfonamides is 1. The van der Waals surface area contributed by atoms with Gasteiger partial charge < -0.3 is 10.0 Å². The molecule has 0 atom stereocenters. The van der Waals surface area contributed by atoms with E-state index in [0.29, 0.717) is 30.3 Å². The van der Waals surface area contributed by atoms with Crippen molar-refractivity contribution in [2.45, 2.75) is 24.0 Å². The maximum Gasteiger partial charge on any atom is 0.252 e. The zero-order valence-corrected chi connectivity index (χ0v) is 14.0. The van der Waals surface area contributed by atoms with Crippen LogP contribution in [0.2, 0.25) is 0 Å². The highest BCUT2D eigenvalue weighted by atomic mass is 32.2. The predicted octanol–water partition coefficient (Wildman–Crippen LogP) is 1.25. The highest BCUT2D eigenvalue weighted by Crippen LogP contribution is 2.25. The van der Waals surface area contributed by atoms with Crippen molar-refractivity contribution in [1.82, 2.24) is 9.21 Å². The normalized spacial score (nSPS) is 12.5. The summed E-state index contributed by atoms with van der Waals surface area (Å²) in [5, 5.41) is 8.91. The maximum atomic E-state index is 12.6. The molecule has 1 aromatic heterocycles. The molecule has 1 rings (SSSR count). The lowest BCUT2D eigenvalue weighted by Gasteiger charge is -2.22. The monoisotopic (exact) mass is 320 g/mol. The van der Waals surface area contributed by atoms with Crippen molar-refractivity contribution < 1.29 is 13.5 Å². The number of rotatable bonds is 9. The lowest BCUT2D eigenvalue weighted by molar-refractivity contribution is 0.300. The molecular weight excluding hydrogens is 296 g/mol. The van der Waals surface area contributed by atoms with Gasteiger partial charge in [0.25, 0.3) is 10.0 Å². The Bertz CT molecular complexity index is 497. The van der Waals surface area contributed by atoms with Crippen molar-refractivity contribution >= 4 is 21.4 Å². The quantitative estimate of drug-likeness (QED) is 0.744. The zero-order valence-electron chi connectivity index (χ0n) is 12.4. The van der Waals surface area contributed by atoms with Crippen molar-refractivity contribution in [3.05, 3.63) is 17.0 Å². The summed E-state index contributed by atoms with van der Waals surface area (Å²) in [5.41, 5.74) is 0. The minimum Gasteiger partial charge on any atom is -0.396 e. The number of aliphatic hydroxyl groups excluding tert-OH is 1. The Morgan fingerprint density at radius 2 is 1.90 bits per heavy atom. The summed E-state index contributed by atoms with van der Waals surface area (Å²) in [4.78, 5) is 2.87. The van der Waals surface area contributed by atoms with Crippen molar-refractivity contribution in [1.29, 1.82) is 0 Å². The average Bonchev–Trinajstić information content (AvgIpc) is 2.83. The van der Waals surface area contributed by atoms with Crippen molar-refractivity contribution in [2.24, 2.45) is 0 Å². The summed E-state index contributed by atoms with van der Waals surface area (Å²) in [5.74, 6) is 0. The molecule has 0 aromatic carbocycles. The van der Waals surface area contributed by atoms with Crippen LogP contribution in [0.4, 0.5) is 0 Å². The molecule has 0 saturated carbocycles. The Kier molecular flexibility index (Phi) is 7.11. The second-order valence-electron chi connectivity index (χ2n) is 4.90. The fraction of sp³-hybridized carbons (Fsp3) is 0.692. The van der Waals surface area contributed by atoms with Gasteiger partial charge in [0, 0.05) is 37.5 Å². The van der Waals surface area contributed by atoms with Crippen molar-refractivity contribution in [3.63, 3.8) is 0 Å². The first-order valence-corrected chi connectivity index (χ1v) is 9.02. The third-order valence-corrected chi connectivity index (χ3v) is 6.37. The molecule has 0 aliphatic carbocycles.